The smallest absolute Gasteiger partial charge is 0.407 e. The Labute approximate surface area is 395 Å². The second kappa shape index (κ2) is 19.4. The van der Waals surface area contributed by atoms with Crippen molar-refractivity contribution in [3.05, 3.63) is 78.4 Å². The minimum Gasteiger partial charge on any atom is -0.453 e. The number of carbonyl (C=O) groups excluding carboxylic acids is 4. The van der Waals surface area contributed by atoms with Crippen molar-refractivity contribution in [3.63, 3.8) is 0 Å². The van der Waals surface area contributed by atoms with Gasteiger partial charge in [0.2, 0.25) is 11.8 Å². The van der Waals surface area contributed by atoms with Crippen LogP contribution in [-0.4, -0.2) is 106 Å². The number of piperidine rings is 1. The molecule has 3 aliphatic rings. The number of rotatable bonds is 12. The van der Waals surface area contributed by atoms with Gasteiger partial charge in [0, 0.05) is 47.2 Å². The molecule has 3 fully saturated rings. The fraction of sp³-hybridized carbons (Fsp3) is 0.451. The Morgan fingerprint density at radius 2 is 1.12 bits per heavy atom. The Morgan fingerprint density at radius 1 is 0.627 bits per heavy atom. The monoisotopic (exact) mass is 927 g/mol. The highest BCUT2D eigenvalue weighted by molar-refractivity contribution is 7.19. The molecule has 0 radical (unpaired) electrons. The second-order valence-corrected chi connectivity index (χ2v) is 19.8. The molecule has 4 amide bonds. The lowest BCUT2D eigenvalue weighted by molar-refractivity contribution is -0.136. The number of H-pyrrole nitrogens is 2. The zero-order chi connectivity index (χ0) is 46.9. The van der Waals surface area contributed by atoms with E-state index in [-0.39, 0.29) is 35.7 Å². The van der Waals surface area contributed by atoms with E-state index < -0.39 is 24.3 Å². The summed E-state index contributed by atoms with van der Waals surface area (Å²) in [5.74, 6) is 0.923. The number of likely N-dealkylation sites (tertiary alicyclic amines) is 2. The number of amides is 4. The Hall–Kier alpha value is -6.42. The molecule has 0 spiro atoms. The average molecular weight is 928 g/mol. The fourth-order valence-corrected chi connectivity index (χ4v) is 11.2. The average Bonchev–Trinajstić information content (AvgIpc) is 4.20. The number of nitrogens with one attached hydrogen (secondary N) is 4. The zero-order valence-corrected chi connectivity index (χ0v) is 40.0. The number of nitrogens with zero attached hydrogens (tertiary/aromatic N) is 5. The van der Waals surface area contributed by atoms with E-state index in [1.54, 1.807) is 11.3 Å². The van der Waals surface area contributed by atoms with Gasteiger partial charge in [0.15, 0.2) is 0 Å². The number of aromatic nitrogens is 4. The molecule has 0 unspecified atom stereocenters. The van der Waals surface area contributed by atoms with Crippen molar-refractivity contribution in [2.75, 3.05) is 45.3 Å². The minimum atomic E-state index is -0.714. The maximum absolute atomic E-state index is 13.9. The van der Waals surface area contributed by atoms with Gasteiger partial charge in [0.05, 0.1) is 48.4 Å². The molecular formula is C51H61N9O6S. The van der Waals surface area contributed by atoms with E-state index in [9.17, 15) is 19.2 Å². The van der Waals surface area contributed by atoms with E-state index >= 15 is 0 Å². The molecule has 15 nitrogen and oxygen atoms in total. The van der Waals surface area contributed by atoms with E-state index in [0.29, 0.717) is 13.1 Å². The summed E-state index contributed by atoms with van der Waals surface area (Å²) in [7, 11) is 2.60. The van der Waals surface area contributed by atoms with Crippen molar-refractivity contribution >= 4 is 63.1 Å². The van der Waals surface area contributed by atoms with Crippen LogP contribution in [0.1, 0.15) is 96.4 Å². The van der Waals surface area contributed by atoms with E-state index in [1.165, 1.54) is 39.2 Å². The van der Waals surface area contributed by atoms with Crippen molar-refractivity contribution < 1.29 is 28.7 Å². The van der Waals surface area contributed by atoms with Gasteiger partial charge in [-0.15, -0.1) is 11.3 Å². The topological polar surface area (TPSA) is 178 Å². The van der Waals surface area contributed by atoms with Gasteiger partial charge in [-0.1, -0.05) is 52.0 Å². The summed E-state index contributed by atoms with van der Waals surface area (Å²) in [6.07, 6.45) is 5.64. The van der Waals surface area contributed by atoms with Gasteiger partial charge in [-0.25, -0.2) is 19.6 Å². The number of fused-ring (bicyclic) bond motifs is 2. The highest BCUT2D eigenvalue weighted by Crippen LogP contribution is 2.45. The third-order valence-corrected chi connectivity index (χ3v) is 14.9. The van der Waals surface area contributed by atoms with Crippen molar-refractivity contribution in [2.45, 2.75) is 96.8 Å². The molecule has 6 heterocycles. The van der Waals surface area contributed by atoms with Crippen molar-refractivity contribution in [2.24, 2.45) is 11.8 Å². The first-order valence-electron chi connectivity index (χ1n) is 23.7. The molecule has 3 aliphatic heterocycles. The van der Waals surface area contributed by atoms with Crippen LogP contribution in [0.5, 0.6) is 0 Å². The summed E-state index contributed by atoms with van der Waals surface area (Å²) in [4.78, 5) is 77.7. The number of carbonyl (C=O) groups is 4. The molecular weight excluding hydrogens is 867 g/mol. The quantitative estimate of drug-likeness (QED) is 0.0931. The molecule has 4 atom stereocenters. The third-order valence-electron chi connectivity index (χ3n) is 13.7. The molecule has 9 rings (SSSR count). The predicted molar refractivity (Wildman–Crippen MR) is 262 cm³/mol. The Bertz CT molecular complexity index is 2770. The summed E-state index contributed by atoms with van der Waals surface area (Å²) < 4.78 is 9.67. The molecule has 0 bridgehead atoms. The van der Waals surface area contributed by atoms with Crippen LogP contribution < -0.4 is 15.5 Å². The van der Waals surface area contributed by atoms with Gasteiger partial charge in [-0.3, -0.25) is 9.59 Å². The third kappa shape index (κ3) is 9.32. The summed E-state index contributed by atoms with van der Waals surface area (Å²) in [6.45, 7) is 11.0. The first-order chi connectivity index (χ1) is 32.4. The number of imidazole rings is 2. The largest absolute Gasteiger partial charge is 0.453 e. The Kier molecular flexibility index (Phi) is 13.3. The van der Waals surface area contributed by atoms with Gasteiger partial charge in [-0.05, 0) is 116 Å². The van der Waals surface area contributed by atoms with Gasteiger partial charge in [-0.2, -0.15) is 0 Å². The summed E-state index contributed by atoms with van der Waals surface area (Å²) >= 11 is 1.73. The van der Waals surface area contributed by atoms with Crippen LogP contribution in [0.3, 0.4) is 0 Å². The van der Waals surface area contributed by atoms with Crippen molar-refractivity contribution in [1.82, 2.24) is 40.4 Å². The first-order valence-corrected chi connectivity index (χ1v) is 24.5. The molecule has 3 aromatic carbocycles. The number of ether oxygens (including phenoxy) is 2. The highest BCUT2D eigenvalue weighted by Gasteiger charge is 2.39. The van der Waals surface area contributed by atoms with Crippen LogP contribution in [0.2, 0.25) is 0 Å². The molecule has 4 N–H and O–H groups in total. The second-order valence-electron chi connectivity index (χ2n) is 18.8. The van der Waals surface area contributed by atoms with Crippen LogP contribution in [0.15, 0.2) is 66.7 Å². The van der Waals surface area contributed by atoms with Gasteiger partial charge in [0.1, 0.15) is 23.7 Å². The molecule has 352 valence electrons. The number of anilines is 1. The molecule has 67 heavy (non-hydrogen) atoms. The fourth-order valence-electron chi connectivity index (χ4n) is 10.0. The van der Waals surface area contributed by atoms with Gasteiger partial charge >= 0.3 is 12.2 Å². The van der Waals surface area contributed by atoms with Crippen LogP contribution in [0.25, 0.3) is 54.1 Å². The zero-order valence-electron chi connectivity index (χ0n) is 39.2. The summed E-state index contributed by atoms with van der Waals surface area (Å²) in [5, 5.41) is 5.48. The number of benzene rings is 3. The van der Waals surface area contributed by atoms with Crippen LogP contribution in [0.4, 0.5) is 15.3 Å². The summed E-state index contributed by atoms with van der Waals surface area (Å²) in [6, 6.07) is 22.0. The van der Waals surface area contributed by atoms with Crippen molar-refractivity contribution in [3.8, 4) is 32.0 Å². The standard InChI is InChI=1S/C51H61N9O6S/c1-29(2)43(56-50(63)65-5)48(61)59-24-10-12-40(59)46-52-36-20-16-32(26-38(36)54-46)42-28-35(31-14-18-34(19-15-31)58-22-8-7-9-23-58)45(67-42)33-17-21-37-39(27-33)55-47(53-37)41-13-11-25-60(41)49(62)44(30(3)4)57-51(64)66-6/h14-21,26-30,40-41,43-44H,7-13,22-25H2,1-6H3,(H,52,54)(H,53,55)(H,56,63)(H,57,64)/t40-,41-,43-,44-/m0/s1. The number of thiophene rings is 1. The first kappa shape index (κ1) is 45.7. The van der Waals surface area contributed by atoms with Crippen LogP contribution in [0, 0.1) is 11.8 Å². The molecule has 3 aromatic heterocycles. The normalized spacial score (nSPS) is 18.5. The molecule has 3 saturated heterocycles. The molecule has 16 heteroatoms. The lowest BCUT2D eigenvalue weighted by Crippen LogP contribution is -2.51. The van der Waals surface area contributed by atoms with E-state index in [2.05, 4.69) is 92.2 Å². The predicted octanol–water partition coefficient (Wildman–Crippen LogP) is 9.58. The van der Waals surface area contributed by atoms with E-state index in [4.69, 9.17) is 19.4 Å². The minimum absolute atomic E-state index is 0.125. The van der Waals surface area contributed by atoms with Crippen LogP contribution >= 0.6 is 11.3 Å². The van der Waals surface area contributed by atoms with E-state index in [1.807, 2.05) is 37.5 Å². The summed E-state index contributed by atoms with van der Waals surface area (Å²) in [5.41, 5.74) is 8.95. The number of hydrogen-bond donors (Lipinski definition) is 4. The molecule has 6 aromatic rings. The Morgan fingerprint density at radius 3 is 1.63 bits per heavy atom. The number of aromatic amines is 2. The number of hydrogen-bond acceptors (Lipinski definition) is 10. The van der Waals surface area contributed by atoms with Gasteiger partial charge in [0.25, 0.3) is 0 Å². The maximum atomic E-state index is 13.9. The van der Waals surface area contributed by atoms with Gasteiger partial charge < -0.3 is 44.8 Å². The number of methoxy groups -OCH3 is 2. The van der Waals surface area contributed by atoms with Crippen molar-refractivity contribution in [1.29, 1.82) is 0 Å². The molecule has 0 saturated carbocycles. The highest BCUT2D eigenvalue weighted by atomic mass is 32.1. The maximum Gasteiger partial charge on any atom is 0.407 e. The Balaban J connectivity index is 1.04. The lowest BCUT2D eigenvalue weighted by atomic mass is 10.0. The van der Waals surface area contributed by atoms with Crippen LogP contribution in [-0.2, 0) is 19.1 Å². The van der Waals surface area contributed by atoms with E-state index in [0.717, 1.165) is 104 Å². The lowest BCUT2D eigenvalue weighted by Gasteiger charge is -2.29. The SMILES string of the molecule is COC(=O)N[C@H](C(=O)N1CCC[C@H]1c1nc2cc(-c3cc(-c4ccc(N5CCCCC5)cc4)c(-c4ccc5[nH]c([C@@H]6CCCN6C(=O)[C@@H](NC(=O)OC)C(C)C)nc5c4)s3)ccc2[nH]1)C(C)C. The molecule has 0 aliphatic carbocycles. The number of alkyl carbamates (subject to hydrolysis) is 2.